The molecule has 8 atom stereocenters. The molecule has 4 aliphatic carbocycles. The van der Waals surface area contributed by atoms with Gasteiger partial charge in [0, 0.05) is 17.3 Å². The lowest BCUT2D eigenvalue weighted by atomic mass is 9.46. The zero-order valence-corrected chi connectivity index (χ0v) is 15.9. The van der Waals surface area contributed by atoms with Crippen LogP contribution in [0.1, 0.15) is 39.5 Å². The Hall–Kier alpha value is -1.77. The van der Waals surface area contributed by atoms with Crippen LogP contribution in [0.2, 0.25) is 0 Å². The smallest absolute Gasteiger partial charge is 0.178 e. The van der Waals surface area contributed by atoms with Gasteiger partial charge < -0.3 is 10.2 Å². The van der Waals surface area contributed by atoms with Crippen LogP contribution >= 0.6 is 0 Å². The summed E-state index contributed by atoms with van der Waals surface area (Å²) in [5.74, 6) is -0.827. The number of carbonyl (C=O) groups is 2. The molecule has 0 aromatic rings. The molecule has 3 fully saturated rings. The third-order valence-electron chi connectivity index (χ3n) is 8.22. The van der Waals surface area contributed by atoms with E-state index >= 15 is 0 Å². The van der Waals surface area contributed by atoms with Gasteiger partial charge in [-0.3, -0.25) is 9.59 Å². The van der Waals surface area contributed by atoms with Crippen LogP contribution in [0.15, 0.2) is 23.8 Å². The van der Waals surface area contributed by atoms with Gasteiger partial charge in [0.15, 0.2) is 11.6 Å². The number of allylic oxidation sites excluding steroid dienone is 4. The standard InChI is InChI=1S/C22H27NO4/c1-21-6-5-14(25)8-13(21)3-4-15-16-7-12(10-23)19(18(27)11-24)22(16,2)9-17(26)20(15)21/h5-6,8,12,15-17,19-20,24,26H,3-4,7,9,11H2,1-2H3/t12-,15-,16-,17-,19+,20+,21-,22-/m0/s1. The molecule has 0 unspecified atom stereocenters. The fourth-order valence-corrected chi connectivity index (χ4v) is 7.19. The Kier molecular flexibility index (Phi) is 4.21. The zero-order chi connectivity index (χ0) is 19.6. The average molecular weight is 369 g/mol. The van der Waals surface area contributed by atoms with Gasteiger partial charge in [-0.15, -0.1) is 0 Å². The van der Waals surface area contributed by atoms with Gasteiger partial charge in [-0.2, -0.15) is 5.26 Å². The van der Waals surface area contributed by atoms with Crippen molar-refractivity contribution in [3.63, 3.8) is 0 Å². The molecule has 3 saturated carbocycles. The fraction of sp³-hybridized carbons (Fsp3) is 0.682. The van der Waals surface area contributed by atoms with Crippen molar-refractivity contribution < 1.29 is 19.8 Å². The van der Waals surface area contributed by atoms with E-state index in [1.165, 1.54) is 0 Å². The van der Waals surface area contributed by atoms with Gasteiger partial charge in [0.05, 0.1) is 18.1 Å². The van der Waals surface area contributed by atoms with Crippen molar-refractivity contribution in [1.82, 2.24) is 0 Å². The molecule has 0 heterocycles. The molecular weight excluding hydrogens is 342 g/mol. The van der Waals surface area contributed by atoms with E-state index in [9.17, 15) is 25.1 Å². The van der Waals surface area contributed by atoms with E-state index in [0.717, 1.165) is 18.4 Å². The van der Waals surface area contributed by atoms with E-state index < -0.39 is 30.0 Å². The van der Waals surface area contributed by atoms with Crippen LogP contribution in [0, 0.1) is 51.8 Å². The van der Waals surface area contributed by atoms with Crippen molar-refractivity contribution in [2.75, 3.05) is 6.61 Å². The third-order valence-corrected chi connectivity index (χ3v) is 8.22. The number of hydrogen-bond donors (Lipinski definition) is 2. The molecule has 0 aromatic heterocycles. The first-order chi connectivity index (χ1) is 12.8. The first kappa shape index (κ1) is 18.6. The number of nitrogens with zero attached hydrogens (tertiary/aromatic N) is 1. The topological polar surface area (TPSA) is 98.4 Å². The minimum Gasteiger partial charge on any atom is -0.393 e. The molecule has 4 aliphatic rings. The summed E-state index contributed by atoms with van der Waals surface area (Å²) < 4.78 is 0. The Morgan fingerprint density at radius 1 is 1.41 bits per heavy atom. The first-order valence-electron chi connectivity index (χ1n) is 9.91. The normalized spacial score (nSPS) is 48.1. The molecule has 0 radical (unpaired) electrons. The Balaban J connectivity index is 1.76. The number of carbonyl (C=O) groups excluding carboxylic acids is 2. The molecule has 0 spiro atoms. The Morgan fingerprint density at radius 3 is 2.81 bits per heavy atom. The van der Waals surface area contributed by atoms with Gasteiger partial charge in [-0.05, 0) is 55.1 Å². The summed E-state index contributed by atoms with van der Waals surface area (Å²) in [6.07, 6.45) is 7.46. The maximum atomic E-state index is 12.5. The van der Waals surface area contributed by atoms with Crippen molar-refractivity contribution in [1.29, 1.82) is 5.26 Å². The number of Topliss-reactive ketones (excluding diaryl/α,β-unsaturated/α-hetero) is 1. The molecule has 144 valence electrons. The molecule has 27 heavy (non-hydrogen) atoms. The Labute approximate surface area is 159 Å². The van der Waals surface area contributed by atoms with Crippen LogP contribution < -0.4 is 0 Å². The lowest BCUT2D eigenvalue weighted by Crippen LogP contribution is -2.56. The molecule has 0 amide bonds. The van der Waals surface area contributed by atoms with E-state index in [0.29, 0.717) is 12.8 Å². The van der Waals surface area contributed by atoms with Gasteiger partial charge >= 0.3 is 0 Å². The fourth-order valence-electron chi connectivity index (χ4n) is 7.19. The van der Waals surface area contributed by atoms with Crippen LogP contribution in [0.25, 0.3) is 0 Å². The molecule has 0 aromatic carbocycles. The summed E-state index contributed by atoms with van der Waals surface area (Å²) in [7, 11) is 0. The maximum absolute atomic E-state index is 12.5. The number of hydrogen-bond acceptors (Lipinski definition) is 5. The van der Waals surface area contributed by atoms with E-state index in [1.807, 2.05) is 13.0 Å². The van der Waals surface area contributed by atoms with E-state index in [-0.39, 0.29) is 34.7 Å². The van der Waals surface area contributed by atoms with Crippen molar-refractivity contribution in [2.24, 2.45) is 40.4 Å². The summed E-state index contributed by atoms with van der Waals surface area (Å²) in [6.45, 7) is 3.59. The molecule has 0 saturated heterocycles. The molecule has 4 rings (SSSR count). The maximum Gasteiger partial charge on any atom is 0.178 e. The molecule has 5 nitrogen and oxygen atoms in total. The van der Waals surface area contributed by atoms with Crippen LogP contribution in [0.3, 0.4) is 0 Å². The van der Waals surface area contributed by atoms with Crippen molar-refractivity contribution in [3.8, 4) is 6.07 Å². The largest absolute Gasteiger partial charge is 0.393 e. The number of ketones is 2. The number of fused-ring (bicyclic) bond motifs is 5. The summed E-state index contributed by atoms with van der Waals surface area (Å²) in [5.41, 5.74) is 0.280. The zero-order valence-electron chi connectivity index (χ0n) is 15.9. The molecule has 2 N–H and O–H groups in total. The van der Waals surface area contributed by atoms with Gasteiger partial charge in [-0.25, -0.2) is 0 Å². The molecule has 0 bridgehead atoms. The van der Waals surface area contributed by atoms with E-state index in [2.05, 4.69) is 13.0 Å². The molecular formula is C22H27NO4. The highest BCUT2D eigenvalue weighted by Crippen LogP contribution is 2.67. The Bertz CT molecular complexity index is 793. The summed E-state index contributed by atoms with van der Waals surface area (Å²) in [5, 5.41) is 30.3. The monoisotopic (exact) mass is 369 g/mol. The van der Waals surface area contributed by atoms with Gasteiger partial charge in [0.2, 0.25) is 0 Å². The molecule has 5 heteroatoms. The predicted octanol–water partition coefficient (Wildman–Crippen LogP) is 2.19. The highest BCUT2D eigenvalue weighted by molar-refractivity contribution is 6.01. The number of aliphatic hydroxyl groups excluding tert-OH is 2. The average Bonchev–Trinajstić information content (AvgIpc) is 2.93. The van der Waals surface area contributed by atoms with Crippen molar-refractivity contribution in [3.05, 3.63) is 23.8 Å². The minimum absolute atomic E-state index is 0.00933. The minimum atomic E-state index is -0.603. The second-order valence-corrected chi connectivity index (χ2v) is 9.37. The second-order valence-electron chi connectivity index (χ2n) is 9.37. The first-order valence-corrected chi connectivity index (χ1v) is 9.91. The SMILES string of the molecule is C[C@]12C[C@H](O)[C@H]3[C@@H](CCC4=CC(=O)C=C[C@@]43C)[C@@H]1C[C@@H](C#N)[C@@H]2C(=O)CO. The summed E-state index contributed by atoms with van der Waals surface area (Å²) >= 11 is 0. The number of nitriles is 1. The van der Waals surface area contributed by atoms with Crippen LogP contribution in [-0.4, -0.2) is 34.5 Å². The second kappa shape index (κ2) is 6.12. The summed E-state index contributed by atoms with van der Waals surface area (Å²) in [6, 6.07) is 2.31. The Morgan fingerprint density at radius 2 is 2.15 bits per heavy atom. The van der Waals surface area contributed by atoms with Crippen molar-refractivity contribution >= 4 is 11.6 Å². The van der Waals surface area contributed by atoms with Gasteiger partial charge in [-0.1, -0.05) is 25.5 Å². The van der Waals surface area contributed by atoms with Gasteiger partial charge in [0.25, 0.3) is 0 Å². The van der Waals surface area contributed by atoms with E-state index in [4.69, 9.17) is 0 Å². The number of rotatable bonds is 2. The highest BCUT2D eigenvalue weighted by atomic mass is 16.3. The lowest BCUT2D eigenvalue weighted by molar-refractivity contribution is -0.142. The molecule has 0 aliphatic heterocycles. The van der Waals surface area contributed by atoms with Crippen LogP contribution in [0.4, 0.5) is 0 Å². The summed E-state index contributed by atoms with van der Waals surface area (Å²) in [4.78, 5) is 24.3. The van der Waals surface area contributed by atoms with Crippen LogP contribution in [-0.2, 0) is 9.59 Å². The lowest BCUT2D eigenvalue weighted by Gasteiger charge is -2.58. The van der Waals surface area contributed by atoms with E-state index in [1.54, 1.807) is 12.2 Å². The van der Waals surface area contributed by atoms with Gasteiger partial charge in [0.1, 0.15) is 6.61 Å². The quantitative estimate of drug-likeness (QED) is 0.777. The van der Waals surface area contributed by atoms with Crippen LogP contribution in [0.5, 0.6) is 0 Å². The third kappa shape index (κ3) is 2.43. The predicted molar refractivity (Wildman–Crippen MR) is 98.1 cm³/mol. The number of aliphatic hydroxyl groups is 2. The van der Waals surface area contributed by atoms with Crippen molar-refractivity contribution in [2.45, 2.75) is 45.6 Å². The highest BCUT2D eigenvalue weighted by Gasteiger charge is 2.64.